The molecule has 0 unspecified atom stereocenters. The lowest BCUT2D eigenvalue weighted by molar-refractivity contribution is -0.116. The second kappa shape index (κ2) is 5.95. The minimum atomic E-state index is -0.622. The van der Waals surface area contributed by atoms with Crippen LogP contribution < -0.4 is 5.32 Å². The molecule has 1 heterocycles. The summed E-state index contributed by atoms with van der Waals surface area (Å²) in [5.74, 6) is 0.0176. The minimum Gasteiger partial charge on any atom is -0.509 e. The molecule has 4 nitrogen and oxygen atoms in total. The predicted octanol–water partition coefficient (Wildman–Crippen LogP) is 3.79. The molecule has 1 aromatic carbocycles. The van der Waals surface area contributed by atoms with Gasteiger partial charge in [0, 0.05) is 11.6 Å². The Bertz CT molecular complexity index is 688. The molecule has 0 saturated heterocycles. The van der Waals surface area contributed by atoms with Gasteiger partial charge in [0.2, 0.25) is 0 Å². The number of aliphatic hydroxyl groups is 1. The van der Waals surface area contributed by atoms with Crippen molar-refractivity contribution in [2.24, 2.45) is 0 Å². The van der Waals surface area contributed by atoms with Crippen molar-refractivity contribution in [2.45, 2.75) is 51.2 Å². The molecule has 1 aromatic rings. The number of hydrogen-bond acceptors (Lipinski definition) is 3. The predicted molar refractivity (Wildman–Crippen MR) is 93.3 cm³/mol. The van der Waals surface area contributed by atoms with E-state index in [4.69, 9.17) is 4.74 Å². The van der Waals surface area contributed by atoms with Crippen molar-refractivity contribution in [3.05, 3.63) is 39.1 Å². The summed E-state index contributed by atoms with van der Waals surface area (Å²) in [4.78, 5) is 12.6. The van der Waals surface area contributed by atoms with Crippen molar-refractivity contribution in [1.82, 2.24) is 5.32 Å². The van der Waals surface area contributed by atoms with Crippen molar-refractivity contribution in [3.8, 4) is 0 Å². The molecule has 0 radical (unpaired) electrons. The molecule has 1 aliphatic heterocycles. The number of carbonyl (C=O) groups excluding carboxylic acids is 1. The Labute approximate surface area is 145 Å². The molecular weight excluding hydrogens is 358 g/mol. The van der Waals surface area contributed by atoms with Crippen molar-refractivity contribution in [3.63, 3.8) is 0 Å². The van der Waals surface area contributed by atoms with Gasteiger partial charge in [0.25, 0.3) is 5.91 Å². The maximum absolute atomic E-state index is 12.6. The molecule has 0 bridgehead atoms. The van der Waals surface area contributed by atoms with Crippen molar-refractivity contribution in [2.75, 3.05) is 7.11 Å². The van der Waals surface area contributed by atoms with Crippen LogP contribution in [0.15, 0.2) is 22.4 Å². The number of nitrogens with one attached hydrogen (secondary N) is 1. The number of hydrogen-bond donors (Lipinski definition) is 2. The van der Waals surface area contributed by atoms with Crippen molar-refractivity contribution < 1.29 is 14.6 Å². The normalized spacial score (nSPS) is 27.7. The number of methoxy groups -OCH3 is 1. The molecule has 0 atom stereocenters. The van der Waals surface area contributed by atoms with Crippen LogP contribution in [0.5, 0.6) is 0 Å². The van der Waals surface area contributed by atoms with E-state index in [0.29, 0.717) is 18.4 Å². The van der Waals surface area contributed by atoms with Crippen LogP contribution in [0, 0.1) is 13.8 Å². The van der Waals surface area contributed by atoms with Crippen LogP contribution >= 0.6 is 15.9 Å². The number of aliphatic hydroxyl groups excluding tert-OH is 1. The van der Waals surface area contributed by atoms with Gasteiger partial charge in [-0.25, -0.2) is 0 Å². The molecule has 5 heteroatoms. The number of benzene rings is 1. The quantitative estimate of drug-likeness (QED) is 0.821. The molecule has 1 amide bonds. The number of carbonyl (C=O) groups is 1. The average Bonchev–Trinajstić information content (AvgIpc) is 2.77. The Morgan fingerprint density at radius 3 is 2.57 bits per heavy atom. The van der Waals surface area contributed by atoms with Crippen LogP contribution in [-0.2, 0) is 9.53 Å². The molecule has 1 aliphatic carbocycles. The molecule has 1 spiro atoms. The smallest absolute Gasteiger partial charge is 0.256 e. The van der Waals surface area contributed by atoms with Crippen molar-refractivity contribution in [1.29, 1.82) is 0 Å². The zero-order valence-electron chi connectivity index (χ0n) is 13.7. The van der Waals surface area contributed by atoms with Gasteiger partial charge in [0.15, 0.2) is 0 Å². The first-order chi connectivity index (χ1) is 10.9. The number of halogens is 1. The van der Waals surface area contributed by atoms with E-state index in [1.165, 1.54) is 0 Å². The molecular formula is C18H22BrNO3. The highest BCUT2D eigenvalue weighted by atomic mass is 79.9. The second-order valence-electron chi connectivity index (χ2n) is 6.56. The van der Waals surface area contributed by atoms with E-state index in [-0.39, 0.29) is 17.8 Å². The van der Waals surface area contributed by atoms with Crippen LogP contribution in [0.3, 0.4) is 0 Å². The Morgan fingerprint density at radius 1 is 1.30 bits per heavy atom. The summed E-state index contributed by atoms with van der Waals surface area (Å²) in [6.45, 7) is 3.93. The Balaban J connectivity index is 2.06. The third-order valence-electron chi connectivity index (χ3n) is 5.25. The maximum atomic E-state index is 12.6. The van der Waals surface area contributed by atoms with Crippen LogP contribution in [0.1, 0.15) is 42.4 Å². The lowest BCUT2D eigenvalue weighted by Gasteiger charge is -2.36. The third-order valence-corrected chi connectivity index (χ3v) is 6.11. The molecule has 3 rings (SSSR count). The largest absolute Gasteiger partial charge is 0.509 e. The Hall–Kier alpha value is -1.33. The van der Waals surface area contributed by atoms with Gasteiger partial charge in [-0.1, -0.05) is 22.0 Å². The van der Waals surface area contributed by atoms with E-state index in [9.17, 15) is 9.90 Å². The highest BCUT2D eigenvalue weighted by Gasteiger charge is 2.48. The first kappa shape index (κ1) is 16.5. The van der Waals surface area contributed by atoms with Gasteiger partial charge < -0.3 is 15.2 Å². The average molecular weight is 380 g/mol. The van der Waals surface area contributed by atoms with Gasteiger partial charge in [-0.2, -0.15) is 0 Å². The Morgan fingerprint density at radius 2 is 1.96 bits per heavy atom. The fourth-order valence-corrected chi connectivity index (χ4v) is 4.14. The van der Waals surface area contributed by atoms with Crippen LogP contribution in [0.25, 0.3) is 5.57 Å². The highest BCUT2D eigenvalue weighted by Crippen LogP contribution is 2.43. The minimum absolute atomic E-state index is 0.178. The molecule has 2 aliphatic rings. The summed E-state index contributed by atoms with van der Waals surface area (Å²) in [6.07, 6.45) is 3.30. The number of ether oxygens (including phenoxy) is 1. The van der Waals surface area contributed by atoms with Crippen LogP contribution in [0.2, 0.25) is 0 Å². The third kappa shape index (κ3) is 2.60. The van der Waals surface area contributed by atoms with E-state index < -0.39 is 5.54 Å². The summed E-state index contributed by atoms with van der Waals surface area (Å²) in [6, 6.07) is 3.94. The standard InChI is InChI=1S/C18H22BrNO3/c1-10-4-5-13(19)11(2)14(10)15-16(21)18(20-17(15)22)8-6-12(23-3)7-9-18/h4-5,12,21H,6-9H2,1-3H3,(H,20,22)/t12-,18+. The summed E-state index contributed by atoms with van der Waals surface area (Å²) >= 11 is 3.52. The summed E-state index contributed by atoms with van der Waals surface area (Å²) in [5, 5.41) is 14.0. The fourth-order valence-electron chi connectivity index (χ4n) is 3.81. The van der Waals surface area contributed by atoms with Gasteiger partial charge in [0.1, 0.15) is 5.76 Å². The SMILES string of the molecule is CO[C@H]1CC[C@]2(CC1)NC(=O)C(c1c(C)ccc(Br)c1C)=C2O. The van der Waals surface area contributed by atoms with E-state index in [1.54, 1.807) is 7.11 Å². The van der Waals surface area contributed by atoms with Gasteiger partial charge in [-0.05, 0) is 62.3 Å². The lowest BCUT2D eigenvalue weighted by atomic mass is 9.79. The number of aryl methyl sites for hydroxylation is 1. The van der Waals surface area contributed by atoms with Gasteiger partial charge in [-0.15, -0.1) is 0 Å². The Kier molecular flexibility index (Phi) is 4.27. The summed E-state index contributed by atoms with van der Waals surface area (Å²) in [5.41, 5.74) is 2.61. The molecule has 1 fully saturated rings. The van der Waals surface area contributed by atoms with Crippen molar-refractivity contribution >= 4 is 27.4 Å². The first-order valence-electron chi connectivity index (χ1n) is 7.94. The van der Waals surface area contributed by atoms with Gasteiger partial charge in [-0.3, -0.25) is 4.79 Å². The number of amides is 1. The first-order valence-corrected chi connectivity index (χ1v) is 8.74. The monoisotopic (exact) mass is 379 g/mol. The summed E-state index contributed by atoms with van der Waals surface area (Å²) in [7, 11) is 1.71. The van der Waals surface area contributed by atoms with E-state index in [1.807, 2.05) is 26.0 Å². The van der Waals surface area contributed by atoms with Gasteiger partial charge >= 0.3 is 0 Å². The second-order valence-corrected chi connectivity index (χ2v) is 7.41. The van der Waals surface area contributed by atoms with Gasteiger partial charge in [0.05, 0.1) is 17.2 Å². The fraction of sp³-hybridized carbons (Fsp3) is 0.500. The number of rotatable bonds is 2. The topological polar surface area (TPSA) is 58.6 Å². The molecule has 2 N–H and O–H groups in total. The van der Waals surface area contributed by atoms with E-state index >= 15 is 0 Å². The highest BCUT2D eigenvalue weighted by molar-refractivity contribution is 9.10. The molecule has 124 valence electrons. The van der Waals surface area contributed by atoms with Crippen LogP contribution in [0.4, 0.5) is 0 Å². The zero-order chi connectivity index (χ0) is 16.8. The lowest BCUT2D eigenvalue weighted by Crippen LogP contribution is -2.48. The molecule has 0 aromatic heterocycles. The maximum Gasteiger partial charge on any atom is 0.256 e. The zero-order valence-corrected chi connectivity index (χ0v) is 15.3. The summed E-state index contributed by atoms with van der Waals surface area (Å²) < 4.78 is 6.34. The van der Waals surface area contributed by atoms with Crippen LogP contribution in [-0.4, -0.2) is 29.8 Å². The van der Waals surface area contributed by atoms with E-state index in [0.717, 1.165) is 34.0 Å². The van der Waals surface area contributed by atoms with E-state index in [2.05, 4.69) is 21.2 Å². The molecule has 23 heavy (non-hydrogen) atoms. The molecule has 1 saturated carbocycles.